The quantitative estimate of drug-likeness (QED) is 0.364. The zero-order valence-electron chi connectivity index (χ0n) is 21.9. The Morgan fingerprint density at radius 2 is 1.81 bits per heavy atom. The van der Waals surface area contributed by atoms with Crippen LogP contribution in [0.4, 0.5) is 0 Å². The first-order valence-corrected chi connectivity index (χ1v) is 14.0. The summed E-state index contributed by atoms with van der Waals surface area (Å²) in [5.41, 5.74) is 2.83. The van der Waals surface area contributed by atoms with Crippen LogP contribution in [0.3, 0.4) is 0 Å². The second-order valence-electron chi connectivity index (χ2n) is 13.1. The molecule has 3 fully saturated rings. The summed E-state index contributed by atoms with van der Waals surface area (Å²) in [7, 11) is 1.91. The van der Waals surface area contributed by atoms with E-state index in [1.807, 2.05) is 7.11 Å². The standard InChI is InChI=1S/C30H52O.2H2/c1-8-22(20(2)3)10-9-21(4)26-13-14-27-25-12-11-23-19-24(31-7)15-17-29(23,5)28(25)16-18-30(26,27)6;;/h11,20-22,24-28H,8-10,12-19H2,1-7H3;2*1H/t21-,22+,24+,25+,26-,27?,28?,29+,30-;;/m1../s1. The minimum atomic E-state index is 0. The number of fused-ring (bicyclic) bond motifs is 5. The van der Waals surface area contributed by atoms with E-state index in [0.717, 1.165) is 41.4 Å². The van der Waals surface area contributed by atoms with Gasteiger partial charge in [-0.25, -0.2) is 0 Å². The van der Waals surface area contributed by atoms with Crippen LogP contribution in [-0.2, 0) is 4.74 Å². The maximum absolute atomic E-state index is 5.77. The fourth-order valence-corrected chi connectivity index (χ4v) is 9.49. The highest BCUT2D eigenvalue weighted by Gasteiger charge is 2.59. The second kappa shape index (κ2) is 9.15. The normalized spacial score (nSPS) is 44.3. The smallest absolute Gasteiger partial charge is 0.0608 e. The molecule has 3 saturated carbocycles. The average Bonchev–Trinajstić information content (AvgIpc) is 3.10. The molecule has 0 amide bonds. The van der Waals surface area contributed by atoms with Crippen LogP contribution in [-0.4, -0.2) is 13.2 Å². The average molecular weight is 433 g/mol. The van der Waals surface area contributed by atoms with Gasteiger partial charge >= 0.3 is 0 Å². The summed E-state index contributed by atoms with van der Waals surface area (Å²) in [6, 6.07) is 0. The van der Waals surface area contributed by atoms with Crippen molar-refractivity contribution in [3.05, 3.63) is 11.6 Å². The van der Waals surface area contributed by atoms with Gasteiger partial charge in [-0.2, -0.15) is 0 Å². The molecule has 0 aliphatic heterocycles. The summed E-state index contributed by atoms with van der Waals surface area (Å²) < 4.78 is 5.77. The lowest BCUT2D eigenvalue weighted by Gasteiger charge is -2.58. The molecule has 31 heavy (non-hydrogen) atoms. The summed E-state index contributed by atoms with van der Waals surface area (Å²) in [6.07, 6.45) is 18.6. The fourth-order valence-electron chi connectivity index (χ4n) is 9.49. The second-order valence-corrected chi connectivity index (χ2v) is 13.1. The molecule has 0 bridgehead atoms. The molecule has 4 aliphatic carbocycles. The highest BCUT2D eigenvalue weighted by Crippen LogP contribution is 2.67. The van der Waals surface area contributed by atoms with Crippen LogP contribution in [0, 0.1) is 52.3 Å². The van der Waals surface area contributed by atoms with Crippen LogP contribution < -0.4 is 0 Å². The Bertz CT molecular complexity index is 660. The highest BCUT2D eigenvalue weighted by atomic mass is 16.5. The van der Waals surface area contributed by atoms with Gasteiger partial charge in [-0.3, -0.25) is 0 Å². The van der Waals surface area contributed by atoms with Crippen LogP contribution in [0.5, 0.6) is 0 Å². The van der Waals surface area contributed by atoms with Gasteiger partial charge in [-0.1, -0.05) is 66.0 Å². The maximum atomic E-state index is 5.77. The fraction of sp³-hybridized carbons (Fsp3) is 0.933. The number of hydrogen-bond acceptors (Lipinski definition) is 1. The Balaban J connectivity index is 0.00000193. The molecule has 1 heteroatoms. The van der Waals surface area contributed by atoms with Crippen LogP contribution in [0.25, 0.3) is 0 Å². The molecule has 0 spiro atoms. The Kier molecular flexibility index (Phi) is 7.04. The van der Waals surface area contributed by atoms with Crippen molar-refractivity contribution in [3.8, 4) is 0 Å². The van der Waals surface area contributed by atoms with Gasteiger partial charge in [0.1, 0.15) is 0 Å². The van der Waals surface area contributed by atoms with E-state index in [9.17, 15) is 0 Å². The molecule has 0 N–H and O–H groups in total. The van der Waals surface area contributed by atoms with E-state index in [4.69, 9.17) is 4.74 Å². The molecule has 4 rings (SSSR count). The molecule has 0 heterocycles. The van der Waals surface area contributed by atoms with Crippen molar-refractivity contribution in [2.75, 3.05) is 7.11 Å². The molecule has 182 valence electrons. The van der Waals surface area contributed by atoms with Crippen molar-refractivity contribution in [1.29, 1.82) is 0 Å². The van der Waals surface area contributed by atoms with Gasteiger partial charge in [0.25, 0.3) is 0 Å². The topological polar surface area (TPSA) is 9.23 Å². The first kappa shape index (κ1) is 23.8. The van der Waals surface area contributed by atoms with Crippen LogP contribution >= 0.6 is 0 Å². The molecule has 0 aromatic carbocycles. The molecule has 1 nitrogen and oxygen atoms in total. The predicted molar refractivity (Wildman–Crippen MR) is 137 cm³/mol. The Labute approximate surface area is 197 Å². The predicted octanol–water partition coefficient (Wildman–Crippen LogP) is 9.17. The molecular weight excluding hydrogens is 376 g/mol. The van der Waals surface area contributed by atoms with Crippen molar-refractivity contribution in [2.24, 2.45) is 52.3 Å². The highest BCUT2D eigenvalue weighted by molar-refractivity contribution is 5.25. The minimum absolute atomic E-state index is 0. The number of rotatable bonds is 7. The maximum Gasteiger partial charge on any atom is 0.0608 e. The summed E-state index contributed by atoms with van der Waals surface area (Å²) in [5, 5.41) is 0. The molecular formula is C30H56O. The molecule has 9 atom stereocenters. The van der Waals surface area contributed by atoms with E-state index in [2.05, 4.69) is 47.6 Å². The summed E-state index contributed by atoms with van der Waals surface area (Å²) in [5.74, 6) is 6.49. The van der Waals surface area contributed by atoms with Crippen LogP contribution in [0.2, 0.25) is 0 Å². The van der Waals surface area contributed by atoms with Gasteiger partial charge in [0.15, 0.2) is 0 Å². The van der Waals surface area contributed by atoms with E-state index in [0.29, 0.717) is 16.9 Å². The van der Waals surface area contributed by atoms with Gasteiger partial charge in [0, 0.05) is 9.96 Å². The zero-order chi connectivity index (χ0) is 22.4. The van der Waals surface area contributed by atoms with Crippen molar-refractivity contribution >= 4 is 0 Å². The van der Waals surface area contributed by atoms with Crippen LogP contribution in [0.15, 0.2) is 11.6 Å². The third-order valence-corrected chi connectivity index (χ3v) is 11.6. The molecule has 0 radical (unpaired) electrons. The molecule has 0 saturated heterocycles. The van der Waals surface area contributed by atoms with E-state index in [1.165, 1.54) is 70.6 Å². The molecule has 4 aliphatic rings. The molecule has 2 unspecified atom stereocenters. The first-order chi connectivity index (χ1) is 14.7. The first-order valence-electron chi connectivity index (χ1n) is 14.0. The lowest BCUT2D eigenvalue weighted by atomic mass is 9.47. The lowest BCUT2D eigenvalue weighted by Crippen LogP contribution is -2.51. The zero-order valence-corrected chi connectivity index (χ0v) is 21.9. The van der Waals surface area contributed by atoms with E-state index >= 15 is 0 Å². The Morgan fingerprint density at radius 3 is 2.48 bits per heavy atom. The summed E-state index contributed by atoms with van der Waals surface area (Å²) >= 11 is 0. The number of methoxy groups -OCH3 is 1. The summed E-state index contributed by atoms with van der Waals surface area (Å²) in [6.45, 7) is 15.2. The third kappa shape index (κ3) is 4.08. The monoisotopic (exact) mass is 432 g/mol. The Morgan fingerprint density at radius 1 is 1.03 bits per heavy atom. The third-order valence-electron chi connectivity index (χ3n) is 11.6. The van der Waals surface area contributed by atoms with E-state index in [1.54, 1.807) is 5.57 Å². The van der Waals surface area contributed by atoms with Gasteiger partial charge in [-0.15, -0.1) is 0 Å². The van der Waals surface area contributed by atoms with E-state index in [-0.39, 0.29) is 2.85 Å². The van der Waals surface area contributed by atoms with Gasteiger partial charge in [-0.05, 0) is 110 Å². The minimum Gasteiger partial charge on any atom is -0.381 e. The van der Waals surface area contributed by atoms with Gasteiger partial charge < -0.3 is 4.74 Å². The number of ether oxygens (including phenoxy) is 1. The number of hydrogen-bond donors (Lipinski definition) is 0. The summed E-state index contributed by atoms with van der Waals surface area (Å²) in [4.78, 5) is 0. The van der Waals surface area contributed by atoms with Crippen molar-refractivity contribution in [1.82, 2.24) is 0 Å². The molecule has 0 aromatic rings. The van der Waals surface area contributed by atoms with Crippen molar-refractivity contribution in [2.45, 2.75) is 118 Å². The SMILES string of the molecule is CC[C@@H](CC[C@@H](C)[C@H]1CCC2[C@@H]3CC=C4C[C@@H](OC)CC[C@]4(C)C3CC[C@@]21C)C(C)C.[HH].[HH]. The van der Waals surface area contributed by atoms with Crippen molar-refractivity contribution < 1.29 is 7.59 Å². The van der Waals surface area contributed by atoms with Crippen LogP contribution in [0.1, 0.15) is 115 Å². The van der Waals surface area contributed by atoms with Crippen molar-refractivity contribution in [3.63, 3.8) is 0 Å². The van der Waals surface area contributed by atoms with Gasteiger partial charge in [0.05, 0.1) is 6.10 Å². The lowest BCUT2D eigenvalue weighted by molar-refractivity contribution is -0.0603. The Hall–Kier alpha value is -0.300. The molecule has 0 aromatic heterocycles. The number of allylic oxidation sites excluding steroid dienone is 1. The van der Waals surface area contributed by atoms with Gasteiger partial charge in [0.2, 0.25) is 0 Å². The van der Waals surface area contributed by atoms with E-state index < -0.39 is 0 Å². The largest absolute Gasteiger partial charge is 0.381 e.